The zero-order valence-corrected chi connectivity index (χ0v) is 9.73. The van der Waals surface area contributed by atoms with Crippen LogP contribution in [0.15, 0.2) is 36.4 Å². The van der Waals surface area contributed by atoms with Gasteiger partial charge in [0.25, 0.3) is 5.91 Å². The molecule has 1 atom stereocenters. The number of carbonyl (C=O) groups is 1. The average molecular weight is 233 g/mol. The van der Waals surface area contributed by atoms with E-state index in [-0.39, 0.29) is 12.0 Å². The number of rotatable bonds is 5. The summed E-state index contributed by atoms with van der Waals surface area (Å²) in [6.07, 6.45) is 0.248. The fourth-order valence-electron chi connectivity index (χ4n) is 1.23. The first-order chi connectivity index (χ1) is 8.15. The highest BCUT2D eigenvalue weighted by atomic mass is 16.6. The molecule has 1 N–H and O–H groups in total. The first-order valence-electron chi connectivity index (χ1n) is 5.46. The van der Waals surface area contributed by atoms with Gasteiger partial charge in [-0.25, -0.2) is 0 Å². The van der Waals surface area contributed by atoms with Gasteiger partial charge in [-0.2, -0.15) is 0 Å². The van der Waals surface area contributed by atoms with Gasteiger partial charge in [0.05, 0.1) is 6.61 Å². The maximum absolute atomic E-state index is 11.4. The molecule has 1 aliphatic heterocycles. The monoisotopic (exact) mass is 233 g/mol. The number of amides is 1. The number of carbonyl (C=O) groups excluding carboxylic acids is 1. The summed E-state index contributed by atoms with van der Waals surface area (Å²) >= 11 is 0. The summed E-state index contributed by atoms with van der Waals surface area (Å²) in [5, 5.41) is 2.73. The van der Waals surface area contributed by atoms with Crippen molar-refractivity contribution in [3.05, 3.63) is 36.4 Å². The van der Waals surface area contributed by atoms with Gasteiger partial charge in [0.1, 0.15) is 18.5 Å². The minimum absolute atomic E-state index is 0.176. The topological polar surface area (TPSA) is 50.9 Å². The SMILES string of the molecule is C=C(C)C(=O)Nc1ccc(OCC2CO2)cc1. The molecule has 1 amide bonds. The second-order valence-corrected chi connectivity index (χ2v) is 4.03. The van der Waals surface area contributed by atoms with Crippen LogP contribution in [0, 0.1) is 0 Å². The van der Waals surface area contributed by atoms with Crippen LogP contribution in [0.3, 0.4) is 0 Å². The lowest BCUT2D eigenvalue weighted by Crippen LogP contribution is -2.11. The Morgan fingerprint density at radius 1 is 1.53 bits per heavy atom. The van der Waals surface area contributed by atoms with E-state index in [1.807, 2.05) is 12.1 Å². The first kappa shape index (κ1) is 11.7. The second kappa shape index (κ2) is 5.01. The molecule has 4 heteroatoms. The van der Waals surface area contributed by atoms with Crippen molar-refractivity contribution in [1.82, 2.24) is 0 Å². The maximum Gasteiger partial charge on any atom is 0.250 e. The Hall–Kier alpha value is -1.81. The van der Waals surface area contributed by atoms with Crippen molar-refractivity contribution in [1.29, 1.82) is 0 Å². The molecule has 0 bridgehead atoms. The van der Waals surface area contributed by atoms with Gasteiger partial charge < -0.3 is 14.8 Å². The van der Waals surface area contributed by atoms with Crippen LogP contribution >= 0.6 is 0 Å². The third-order valence-electron chi connectivity index (χ3n) is 2.34. The smallest absolute Gasteiger partial charge is 0.250 e. The van der Waals surface area contributed by atoms with Gasteiger partial charge in [-0.1, -0.05) is 6.58 Å². The van der Waals surface area contributed by atoms with Crippen molar-refractivity contribution in [2.45, 2.75) is 13.0 Å². The van der Waals surface area contributed by atoms with E-state index in [0.29, 0.717) is 12.2 Å². The highest BCUT2D eigenvalue weighted by Gasteiger charge is 2.22. The van der Waals surface area contributed by atoms with Gasteiger partial charge in [0.15, 0.2) is 0 Å². The lowest BCUT2D eigenvalue weighted by molar-refractivity contribution is -0.112. The van der Waals surface area contributed by atoms with Crippen LogP contribution in [-0.4, -0.2) is 25.2 Å². The molecule has 1 aromatic carbocycles. The summed E-state index contributed by atoms with van der Waals surface area (Å²) in [6, 6.07) is 7.22. The van der Waals surface area contributed by atoms with Crippen LogP contribution in [0.5, 0.6) is 5.75 Å². The Morgan fingerprint density at radius 3 is 2.71 bits per heavy atom. The third-order valence-corrected chi connectivity index (χ3v) is 2.34. The van der Waals surface area contributed by atoms with Crippen molar-refractivity contribution in [2.75, 3.05) is 18.5 Å². The minimum atomic E-state index is -0.176. The van der Waals surface area contributed by atoms with E-state index in [9.17, 15) is 4.79 Å². The van der Waals surface area contributed by atoms with E-state index >= 15 is 0 Å². The third kappa shape index (κ3) is 3.60. The van der Waals surface area contributed by atoms with Crippen LogP contribution in [-0.2, 0) is 9.53 Å². The van der Waals surface area contributed by atoms with E-state index in [1.165, 1.54) is 0 Å². The molecule has 0 saturated carbocycles. The van der Waals surface area contributed by atoms with E-state index in [0.717, 1.165) is 18.0 Å². The fraction of sp³-hybridized carbons (Fsp3) is 0.308. The summed E-state index contributed by atoms with van der Waals surface area (Å²) in [5.74, 6) is 0.596. The maximum atomic E-state index is 11.4. The summed E-state index contributed by atoms with van der Waals surface area (Å²) in [6.45, 7) is 6.61. The normalized spacial score (nSPS) is 17.4. The molecule has 1 aliphatic rings. The predicted molar refractivity (Wildman–Crippen MR) is 65.1 cm³/mol. The van der Waals surface area contributed by atoms with Crippen LogP contribution in [0.2, 0.25) is 0 Å². The molecule has 1 saturated heterocycles. The lowest BCUT2D eigenvalue weighted by atomic mass is 10.2. The van der Waals surface area contributed by atoms with Gasteiger partial charge in [0, 0.05) is 11.3 Å². The van der Waals surface area contributed by atoms with Crippen LogP contribution in [0.4, 0.5) is 5.69 Å². The molecule has 1 fully saturated rings. The number of ether oxygens (including phenoxy) is 2. The molecule has 0 spiro atoms. The van der Waals surface area contributed by atoms with Gasteiger partial charge in [-0.15, -0.1) is 0 Å². The van der Waals surface area contributed by atoms with Crippen molar-refractivity contribution in [2.24, 2.45) is 0 Å². The Kier molecular flexibility index (Phi) is 3.44. The molecule has 1 aromatic rings. The van der Waals surface area contributed by atoms with Crippen LogP contribution in [0.1, 0.15) is 6.92 Å². The number of hydrogen-bond acceptors (Lipinski definition) is 3. The molecule has 2 rings (SSSR count). The van der Waals surface area contributed by atoms with Gasteiger partial charge in [-0.05, 0) is 31.2 Å². The number of epoxide rings is 1. The van der Waals surface area contributed by atoms with E-state index < -0.39 is 0 Å². The number of anilines is 1. The van der Waals surface area contributed by atoms with Crippen molar-refractivity contribution in [3.8, 4) is 5.75 Å². The average Bonchev–Trinajstić information content (AvgIpc) is 3.12. The fourth-order valence-corrected chi connectivity index (χ4v) is 1.23. The van der Waals surface area contributed by atoms with Crippen molar-refractivity contribution >= 4 is 11.6 Å². The molecule has 4 nitrogen and oxygen atoms in total. The molecule has 0 aliphatic carbocycles. The Morgan fingerprint density at radius 2 is 2.18 bits per heavy atom. The van der Waals surface area contributed by atoms with Crippen molar-refractivity contribution < 1.29 is 14.3 Å². The van der Waals surface area contributed by atoms with Gasteiger partial charge >= 0.3 is 0 Å². The molecular formula is C13H15NO3. The quantitative estimate of drug-likeness (QED) is 0.625. The Bertz CT molecular complexity index is 421. The second-order valence-electron chi connectivity index (χ2n) is 4.03. The summed E-state index contributed by atoms with van der Waals surface area (Å²) in [7, 11) is 0. The Balaban J connectivity index is 1.87. The zero-order chi connectivity index (χ0) is 12.3. The molecular weight excluding hydrogens is 218 g/mol. The van der Waals surface area contributed by atoms with Crippen LogP contribution < -0.4 is 10.1 Å². The summed E-state index contributed by atoms with van der Waals surface area (Å²) in [5.41, 5.74) is 1.21. The van der Waals surface area contributed by atoms with Crippen molar-refractivity contribution in [3.63, 3.8) is 0 Å². The van der Waals surface area contributed by atoms with E-state index in [4.69, 9.17) is 9.47 Å². The molecule has 17 heavy (non-hydrogen) atoms. The number of nitrogens with one attached hydrogen (secondary N) is 1. The first-order valence-corrected chi connectivity index (χ1v) is 5.46. The van der Waals surface area contributed by atoms with Crippen LogP contribution in [0.25, 0.3) is 0 Å². The Labute approximate surface area is 100 Å². The molecule has 0 radical (unpaired) electrons. The minimum Gasteiger partial charge on any atom is -0.491 e. The molecule has 0 aromatic heterocycles. The summed E-state index contributed by atoms with van der Waals surface area (Å²) < 4.78 is 10.5. The lowest BCUT2D eigenvalue weighted by Gasteiger charge is -2.07. The molecule has 1 unspecified atom stereocenters. The van der Waals surface area contributed by atoms with E-state index in [2.05, 4.69) is 11.9 Å². The summed E-state index contributed by atoms with van der Waals surface area (Å²) in [4.78, 5) is 11.4. The largest absolute Gasteiger partial charge is 0.491 e. The van der Waals surface area contributed by atoms with Gasteiger partial charge in [-0.3, -0.25) is 4.79 Å². The van der Waals surface area contributed by atoms with E-state index in [1.54, 1.807) is 19.1 Å². The molecule has 90 valence electrons. The predicted octanol–water partition coefficient (Wildman–Crippen LogP) is 1.98. The molecule has 1 heterocycles. The number of benzene rings is 1. The number of hydrogen-bond donors (Lipinski definition) is 1. The standard InChI is InChI=1S/C13H15NO3/c1-9(2)13(15)14-10-3-5-11(6-4-10)16-7-12-8-17-12/h3-6,12H,1,7-8H2,2H3,(H,14,15). The highest BCUT2D eigenvalue weighted by molar-refractivity contribution is 6.02. The zero-order valence-electron chi connectivity index (χ0n) is 9.73. The highest BCUT2D eigenvalue weighted by Crippen LogP contribution is 2.18. The van der Waals surface area contributed by atoms with Gasteiger partial charge in [0.2, 0.25) is 0 Å².